The number of aromatic nitrogens is 4. The fourth-order valence-corrected chi connectivity index (χ4v) is 9.99. The van der Waals surface area contributed by atoms with Crippen LogP contribution in [0.25, 0.3) is 11.4 Å². The Kier molecular flexibility index (Phi) is 13.6. The molecule has 5 aromatic rings. The molecule has 0 unspecified atom stereocenters. The first-order valence-corrected chi connectivity index (χ1v) is 21.4. The van der Waals surface area contributed by atoms with Crippen LogP contribution >= 0.6 is 22.6 Å². The number of carbonyl (C=O) groups excluding carboxylic acids is 1. The maximum absolute atomic E-state index is 15.3. The van der Waals surface area contributed by atoms with E-state index in [1.165, 1.54) is 35.5 Å². The predicted molar refractivity (Wildman–Crippen MR) is 217 cm³/mol. The topological polar surface area (TPSA) is 181 Å². The molecule has 5 rings (SSSR count). The lowest BCUT2D eigenvalue weighted by molar-refractivity contribution is 0.0531. The van der Waals surface area contributed by atoms with Crippen LogP contribution in [0.2, 0.25) is 0 Å². The van der Waals surface area contributed by atoms with Crippen LogP contribution < -0.4 is 19.5 Å². The van der Waals surface area contributed by atoms with E-state index in [4.69, 9.17) is 18.9 Å². The van der Waals surface area contributed by atoms with Crippen LogP contribution in [-0.2, 0) is 44.2 Å². The van der Waals surface area contributed by atoms with Crippen LogP contribution in [0, 0.1) is 3.57 Å². The normalized spacial score (nSPS) is 12.0. The van der Waals surface area contributed by atoms with Crippen LogP contribution in [-0.4, -0.2) is 86.7 Å². The van der Waals surface area contributed by atoms with Crippen molar-refractivity contribution in [3.05, 3.63) is 105 Å². The molecule has 0 fully saturated rings. The number of hydrogen-bond donors (Lipinski definition) is 1. The third-order valence-electron chi connectivity index (χ3n) is 8.24. The zero-order valence-corrected chi connectivity index (χ0v) is 35.5. The lowest BCUT2D eigenvalue weighted by Crippen LogP contribution is -2.35. The van der Waals surface area contributed by atoms with E-state index in [9.17, 15) is 13.2 Å². The average molecular weight is 919 g/mol. The van der Waals surface area contributed by atoms with E-state index >= 15 is 8.42 Å². The fourth-order valence-electron chi connectivity index (χ4n) is 5.49. The lowest BCUT2D eigenvalue weighted by atomic mass is 10.2. The van der Waals surface area contributed by atoms with Gasteiger partial charge in [-0.25, -0.2) is 21.6 Å². The first kappa shape index (κ1) is 42.4. The highest BCUT2D eigenvalue weighted by Gasteiger charge is 2.37. The lowest BCUT2D eigenvalue weighted by Gasteiger charge is -2.26. The second-order valence-corrected chi connectivity index (χ2v) is 18.6. The Morgan fingerprint density at radius 2 is 1.27 bits per heavy atom. The van der Waals surface area contributed by atoms with Gasteiger partial charge in [-0.05, 0) is 114 Å². The van der Waals surface area contributed by atoms with Crippen LogP contribution in [0.15, 0.2) is 94.7 Å². The maximum atomic E-state index is 15.3. The summed E-state index contributed by atoms with van der Waals surface area (Å²) in [5, 5.41) is 15.4. The first-order valence-electron chi connectivity index (χ1n) is 17.2. The van der Waals surface area contributed by atoms with Gasteiger partial charge in [-0.15, -0.1) is 10.2 Å². The Labute approximate surface area is 340 Å². The predicted octanol–water partition coefficient (Wildman–Crippen LogP) is 5.71. The zero-order valence-electron chi connectivity index (χ0n) is 31.7. The van der Waals surface area contributed by atoms with Crippen molar-refractivity contribution in [2.75, 3.05) is 33.6 Å². The van der Waals surface area contributed by atoms with E-state index in [1.54, 1.807) is 88.5 Å². The number of alkyl carbamates (subject to hydrolysis) is 1. The van der Waals surface area contributed by atoms with Crippen LogP contribution in [0.1, 0.15) is 37.5 Å². The third-order valence-corrected chi connectivity index (χ3v) is 12.9. The number of hydrogen-bond acceptors (Lipinski definition) is 12. The van der Waals surface area contributed by atoms with Crippen molar-refractivity contribution < 1.29 is 40.6 Å². The van der Waals surface area contributed by atoms with E-state index in [2.05, 4.69) is 20.7 Å². The molecule has 0 aliphatic carbocycles. The summed E-state index contributed by atoms with van der Waals surface area (Å²) in [5.41, 5.74) is 1.19. The summed E-state index contributed by atoms with van der Waals surface area (Å²) in [6, 6.07) is 23.8. The number of carbonyl (C=O) groups is 1. The molecule has 0 spiro atoms. The highest BCUT2D eigenvalue weighted by atomic mass is 127. The minimum atomic E-state index is -4.72. The van der Waals surface area contributed by atoms with Crippen molar-refractivity contribution in [3.8, 4) is 28.6 Å². The molecule has 1 amide bonds. The third kappa shape index (κ3) is 10.7. The van der Waals surface area contributed by atoms with Gasteiger partial charge in [0, 0.05) is 23.2 Å². The van der Waals surface area contributed by atoms with Gasteiger partial charge in [0.05, 0.1) is 44.1 Å². The molecule has 56 heavy (non-hydrogen) atoms. The number of rotatable bonds is 16. The molecule has 0 atom stereocenters. The van der Waals surface area contributed by atoms with Gasteiger partial charge >= 0.3 is 6.09 Å². The van der Waals surface area contributed by atoms with Gasteiger partial charge in [-0.3, -0.25) is 0 Å². The molecule has 298 valence electrons. The smallest absolute Gasteiger partial charge is 0.407 e. The number of ether oxygens (including phenoxy) is 4. The molecule has 0 saturated carbocycles. The van der Waals surface area contributed by atoms with Crippen molar-refractivity contribution in [1.29, 1.82) is 0 Å². The van der Waals surface area contributed by atoms with Gasteiger partial charge in [0.25, 0.3) is 0 Å². The van der Waals surface area contributed by atoms with Crippen LogP contribution in [0.4, 0.5) is 4.79 Å². The summed E-state index contributed by atoms with van der Waals surface area (Å²) in [7, 11) is -4.52. The number of methoxy groups -OCH3 is 3. The monoisotopic (exact) mass is 918 g/mol. The molecule has 1 N–H and O–H groups in total. The molecule has 18 heteroatoms. The highest BCUT2D eigenvalue weighted by molar-refractivity contribution is 14.1. The molecule has 1 heterocycles. The van der Waals surface area contributed by atoms with E-state index in [1.807, 2.05) is 34.7 Å². The molecular weight excluding hydrogens is 875 g/mol. The second kappa shape index (κ2) is 18.0. The maximum Gasteiger partial charge on any atom is 0.407 e. The molecule has 1 aromatic heterocycles. The zero-order chi connectivity index (χ0) is 40.7. The largest absolute Gasteiger partial charge is 0.497 e. The number of halogens is 1. The number of amides is 1. The van der Waals surface area contributed by atoms with Crippen molar-refractivity contribution in [2.24, 2.45) is 0 Å². The summed E-state index contributed by atoms with van der Waals surface area (Å²) in [6.07, 6.45) is -0.813. The van der Waals surface area contributed by atoms with E-state index < -0.39 is 47.1 Å². The second-order valence-electron chi connectivity index (χ2n) is 13.5. The van der Waals surface area contributed by atoms with Gasteiger partial charge in [-0.2, -0.15) is 9.10 Å². The summed E-state index contributed by atoms with van der Waals surface area (Å²) in [5.74, 6) is 1.09. The minimum Gasteiger partial charge on any atom is -0.497 e. The van der Waals surface area contributed by atoms with Crippen molar-refractivity contribution >= 4 is 48.5 Å². The van der Waals surface area contributed by atoms with E-state index in [-0.39, 0.29) is 37.6 Å². The van der Waals surface area contributed by atoms with Crippen molar-refractivity contribution in [2.45, 2.75) is 55.8 Å². The number of sulfone groups is 1. The molecule has 4 aromatic carbocycles. The van der Waals surface area contributed by atoms with Crippen LogP contribution in [0.5, 0.6) is 17.2 Å². The summed E-state index contributed by atoms with van der Waals surface area (Å²) in [4.78, 5) is 12.7. The Hall–Kier alpha value is -4.79. The molecule has 0 saturated heterocycles. The number of benzene rings is 4. The van der Waals surface area contributed by atoms with Gasteiger partial charge in [0.15, 0.2) is 9.84 Å². The fraction of sp³-hybridized carbons (Fsp3) is 0.316. The van der Waals surface area contributed by atoms with Gasteiger partial charge < -0.3 is 24.3 Å². The Morgan fingerprint density at radius 1 is 0.768 bits per heavy atom. The van der Waals surface area contributed by atoms with Crippen LogP contribution in [0.3, 0.4) is 0 Å². The van der Waals surface area contributed by atoms with Crippen molar-refractivity contribution in [1.82, 2.24) is 29.8 Å². The summed E-state index contributed by atoms with van der Waals surface area (Å²) >= 11 is 1.94. The number of nitrogens with zero attached hydrogens (tertiary/aromatic N) is 5. The van der Waals surface area contributed by atoms with Gasteiger partial charge in [0.2, 0.25) is 15.8 Å². The first-order chi connectivity index (χ1) is 26.5. The van der Waals surface area contributed by atoms with Gasteiger partial charge in [-0.1, -0.05) is 36.4 Å². The molecule has 0 radical (unpaired) electrons. The standard InChI is InChI=1S/C38H43IN6O9S2/c1-38(2,3)54-37(46)40-21-22-55(47,48)33-20-19-32(39)34(36-41-43-45(42-36)25-28-11-17-31(53-6)18-12-28)35(33)56(49,50)44(23-26-7-13-29(51-4)14-8-26)24-27-9-15-30(52-5)16-10-27/h7-20H,21-25H2,1-6H3,(H,40,46). The summed E-state index contributed by atoms with van der Waals surface area (Å²) in [6.45, 7) is 4.59. The quantitative estimate of drug-likeness (QED) is 0.119. The van der Waals surface area contributed by atoms with Crippen molar-refractivity contribution in [3.63, 3.8) is 0 Å². The number of sulfonamides is 1. The number of nitrogens with one attached hydrogen (secondary N) is 1. The molecule has 0 aliphatic heterocycles. The highest BCUT2D eigenvalue weighted by Crippen LogP contribution is 2.38. The molecular formula is C38H43IN6O9S2. The Morgan fingerprint density at radius 3 is 1.75 bits per heavy atom. The Balaban J connectivity index is 1.64. The van der Waals surface area contributed by atoms with E-state index in [0.29, 0.717) is 31.9 Å². The minimum absolute atomic E-state index is 0.0396. The Bertz CT molecular complexity index is 2300. The summed E-state index contributed by atoms with van der Waals surface area (Å²) < 4.78 is 81.9. The van der Waals surface area contributed by atoms with Gasteiger partial charge in [0.1, 0.15) is 27.7 Å². The SMILES string of the molecule is COc1ccc(CN(Cc2ccc(OC)cc2)S(=O)(=O)c2c(S(=O)(=O)CCNC(=O)OC(C)(C)C)ccc(I)c2-c2nnn(Cc3ccc(OC)cc3)n2)cc1. The number of tetrazole rings is 1. The molecule has 0 bridgehead atoms. The molecule has 15 nitrogen and oxygen atoms in total. The average Bonchev–Trinajstić information content (AvgIpc) is 3.62. The molecule has 0 aliphatic rings. The van der Waals surface area contributed by atoms with E-state index in [0.717, 1.165) is 5.56 Å².